The van der Waals surface area contributed by atoms with Crippen molar-refractivity contribution in [3.05, 3.63) is 97.1 Å². The zero-order valence-corrected chi connectivity index (χ0v) is 31.1. The third-order valence-electron chi connectivity index (χ3n) is 8.97. The van der Waals surface area contributed by atoms with E-state index in [1.165, 1.54) is 75.1 Å². The van der Waals surface area contributed by atoms with Gasteiger partial charge in [-0.2, -0.15) is 24.3 Å². The zero-order valence-electron chi connectivity index (χ0n) is 28.6. The Kier molecular flexibility index (Phi) is 14.9. The third-order valence-corrected chi connectivity index (χ3v) is 12.5. The molecule has 0 atom stereocenters. The molecule has 2 aliphatic carbocycles. The molecule has 6 rings (SSSR count). The second-order valence-corrected chi connectivity index (χ2v) is 16.0. The van der Waals surface area contributed by atoms with Gasteiger partial charge in [0.2, 0.25) is 0 Å². The molecule has 0 radical (unpaired) electrons. The summed E-state index contributed by atoms with van der Waals surface area (Å²) in [4.78, 5) is 0. The van der Waals surface area contributed by atoms with E-state index in [1.807, 2.05) is 48.5 Å². The van der Waals surface area contributed by atoms with Gasteiger partial charge in [-0.1, -0.05) is 76.3 Å². The molecule has 4 aromatic rings. The number of benzene rings is 4. The predicted octanol–water partition coefficient (Wildman–Crippen LogP) is 11.2. The van der Waals surface area contributed by atoms with Crippen LogP contribution in [0.15, 0.2) is 84.9 Å². The van der Waals surface area contributed by atoms with Crippen molar-refractivity contribution in [1.29, 1.82) is 0 Å². The third kappa shape index (κ3) is 10.2. The van der Waals surface area contributed by atoms with Crippen LogP contribution in [0, 0.1) is 12.1 Å². The van der Waals surface area contributed by atoms with Gasteiger partial charge in [0.15, 0.2) is 0 Å². The Bertz CT molecular complexity index is 1450. The van der Waals surface area contributed by atoms with Crippen LogP contribution < -0.4 is 20.5 Å². The minimum Gasteiger partial charge on any atom is -0.491 e. The van der Waals surface area contributed by atoms with Crippen molar-refractivity contribution >= 4 is 18.9 Å². The van der Waals surface area contributed by atoms with E-state index in [2.05, 4.69) is 76.2 Å². The largest absolute Gasteiger partial charge is 2.00 e. The van der Waals surface area contributed by atoms with E-state index >= 15 is 0 Å². The normalized spacial score (nSPS) is 15.6. The number of nitrogens with two attached hydrogens (primary N) is 1. The van der Waals surface area contributed by atoms with Gasteiger partial charge in [0.1, 0.15) is 11.5 Å². The fourth-order valence-electron chi connectivity index (χ4n) is 7.01. The van der Waals surface area contributed by atoms with E-state index < -0.39 is 0 Å². The van der Waals surface area contributed by atoms with Crippen molar-refractivity contribution < 1.29 is 29.9 Å². The Morgan fingerprint density at radius 1 is 0.617 bits per heavy atom. The predicted molar refractivity (Wildman–Crippen MR) is 198 cm³/mol. The number of rotatable bonds is 9. The summed E-state index contributed by atoms with van der Waals surface area (Å²) in [6.45, 7) is 8.42. The van der Waals surface area contributed by atoms with Crippen LogP contribution in [0.4, 0.5) is 5.69 Å². The molecule has 0 heterocycles. The Balaban J connectivity index is 0.000000298. The molecule has 2 N–H and O–H groups in total. The van der Waals surface area contributed by atoms with Gasteiger partial charge in [-0.05, 0) is 88.6 Å². The van der Waals surface area contributed by atoms with Gasteiger partial charge in [-0.25, -0.2) is 0 Å². The molecule has 0 spiro atoms. The number of ether oxygens (including phenoxy) is 2. The molecule has 4 aromatic carbocycles. The molecular formula is C42H52NO2PPd. The maximum atomic E-state index is 6.36. The zero-order chi connectivity index (χ0) is 32.3. The van der Waals surface area contributed by atoms with Crippen LogP contribution >= 0.6 is 7.92 Å². The molecule has 2 fully saturated rings. The summed E-state index contributed by atoms with van der Waals surface area (Å²) < 4.78 is 12.7. The van der Waals surface area contributed by atoms with Crippen molar-refractivity contribution in [2.45, 2.75) is 115 Å². The van der Waals surface area contributed by atoms with Gasteiger partial charge < -0.3 is 15.2 Å². The summed E-state index contributed by atoms with van der Waals surface area (Å²) in [6, 6.07) is 35.5. The Hall–Kier alpha value is -2.63. The molecule has 0 amide bonds. The van der Waals surface area contributed by atoms with Crippen molar-refractivity contribution in [3.63, 3.8) is 0 Å². The molecule has 0 aliphatic heterocycles. The molecular weight excluding hydrogens is 688 g/mol. The number of hydrogen-bond acceptors (Lipinski definition) is 3. The molecule has 5 heteroatoms. The van der Waals surface area contributed by atoms with E-state index in [0.717, 1.165) is 45.2 Å². The molecule has 0 unspecified atom stereocenters. The van der Waals surface area contributed by atoms with Crippen LogP contribution in [0.2, 0.25) is 0 Å². The summed E-state index contributed by atoms with van der Waals surface area (Å²) in [6.07, 6.45) is 14.2. The van der Waals surface area contributed by atoms with Crippen molar-refractivity contribution in [3.8, 4) is 33.8 Å². The van der Waals surface area contributed by atoms with E-state index in [0.29, 0.717) is 0 Å². The number of para-hydroxylation sites is 1. The molecule has 0 aromatic heterocycles. The molecule has 0 saturated heterocycles. The first-order valence-electron chi connectivity index (χ1n) is 17.5. The van der Waals surface area contributed by atoms with E-state index in [-0.39, 0.29) is 40.6 Å². The minimum absolute atomic E-state index is 0. The number of nitrogen functional groups attached to an aromatic ring is 1. The Labute approximate surface area is 299 Å². The molecule has 2 saturated carbocycles. The topological polar surface area (TPSA) is 44.5 Å². The van der Waals surface area contributed by atoms with Crippen LogP contribution in [0.5, 0.6) is 11.5 Å². The summed E-state index contributed by atoms with van der Waals surface area (Å²) in [5.74, 6) is 1.87. The SMILES string of the molecule is CC(C)Oc1cccc(OC(C)C)c1-c1ccc[c-]c1P(C1CCCCC1)C1CCCCC1.Nc1ccccc1-c1[c-]cccc1.[Pd+2]. The van der Waals surface area contributed by atoms with Crippen molar-refractivity contribution in [1.82, 2.24) is 0 Å². The van der Waals surface area contributed by atoms with E-state index in [1.54, 1.807) is 0 Å². The van der Waals surface area contributed by atoms with Gasteiger partial charge in [0.05, 0.1) is 12.2 Å². The standard InChI is InChI=1S/C30H42O2P.C12H10N.Pd/c1-22(2)31-27-19-13-20-28(32-23(3)4)30(27)26-18-11-12-21-29(26)33(24-14-7-5-8-15-24)25-16-9-6-10-17-25;13-12-9-5-4-8-11(12)10-6-2-1-3-7-10;/h11-13,18-20,22-25H,5-10,14-17H2,1-4H3;1-6,8-9H,13H2;/q2*-1;+2. The van der Waals surface area contributed by atoms with Gasteiger partial charge in [0, 0.05) is 5.56 Å². The molecule has 2 aliphatic rings. The second kappa shape index (κ2) is 18.8. The molecule has 0 bridgehead atoms. The maximum absolute atomic E-state index is 6.36. The van der Waals surface area contributed by atoms with Gasteiger partial charge in [0.25, 0.3) is 0 Å². The fourth-order valence-corrected chi connectivity index (χ4v) is 10.9. The molecule has 252 valence electrons. The monoisotopic (exact) mass is 739 g/mol. The Morgan fingerprint density at radius 3 is 1.68 bits per heavy atom. The van der Waals surface area contributed by atoms with Gasteiger partial charge in [-0.15, -0.1) is 46.8 Å². The maximum Gasteiger partial charge on any atom is 2.00 e. The first-order valence-corrected chi connectivity index (χ1v) is 19.0. The van der Waals surface area contributed by atoms with Crippen LogP contribution in [-0.2, 0) is 20.4 Å². The fraction of sp³-hybridized carbons (Fsp3) is 0.429. The molecule has 3 nitrogen and oxygen atoms in total. The van der Waals surface area contributed by atoms with Crippen molar-refractivity contribution in [2.75, 3.05) is 5.73 Å². The number of hydrogen-bond donors (Lipinski definition) is 1. The molecule has 47 heavy (non-hydrogen) atoms. The van der Waals surface area contributed by atoms with E-state index in [9.17, 15) is 0 Å². The first-order chi connectivity index (χ1) is 22.4. The van der Waals surface area contributed by atoms with Gasteiger partial charge >= 0.3 is 20.4 Å². The van der Waals surface area contributed by atoms with Crippen LogP contribution in [-0.4, -0.2) is 23.5 Å². The second-order valence-electron chi connectivity index (χ2n) is 13.2. The summed E-state index contributed by atoms with van der Waals surface area (Å²) in [7, 11) is -0.269. The first kappa shape index (κ1) is 37.2. The summed E-state index contributed by atoms with van der Waals surface area (Å²) in [5.41, 5.74) is 12.8. The average molecular weight is 740 g/mol. The summed E-state index contributed by atoms with van der Waals surface area (Å²) >= 11 is 0. The minimum atomic E-state index is -0.269. The number of anilines is 1. The van der Waals surface area contributed by atoms with Crippen LogP contribution in [0.25, 0.3) is 22.3 Å². The van der Waals surface area contributed by atoms with Crippen LogP contribution in [0.3, 0.4) is 0 Å². The van der Waals surface area contributed by atoms with Crippen molar-refractivity contribution in [2.24, 2.45) is 0 Å². The average Bonchev–Trinajstić information content (AvgIpc) is 3.07. The summed E-state index contributed by atoms with van der Waals surface area (Å²) in [5, 5.41) is 1.47. The quantitative estimate of drug-likeness (QED) is 0.0804. The smallest absolute Gasteiger partial charge is 0.491 e. The Morgan fingerprint density at radius 2 is 1.15 bits per heavy atom. The van der Waals surface area contributed by atoms with E-state index in [4.69, 9.17) is 15.2 Å². The van der Waals surface area contributed by atoms with Crippen LogP contribution in [0.1, 0.15) is 91.9 Å². The van der Waals surface area contributed by atoms with Gasteiger partial charge in [-0.3, -0.25) is 0 Å².